The van der Waals surface area contributed by atoms with Crippen LogP contribution in [-0.2, 0) is 4.79 Å². The zero-order valence-corrected chi connectivity index (χ0v) is 13.4. The SMILES string of the molecule is COc1cc(/C=C2\Sc3ccccc3NC2=O)cc(OC)c1O. The van der Waals surface area contributed by atoms with E-state index in [1.54, 1.807) is 18.2 Å². The van der Waals surface area contributed by atoms with Crippen molar-refractivity contribution in [3.8, 4) is 17.2 Å². The molecular formula is C17H15NO4S. The highest BCUT2D eigenvalue weighted by atomic mass is 32.2. The highest BCUT2D eigenvalue weighted by Crippen LogP contribution is 2.41. The Kier molecular flexibility index (Phi) is 4.16. The minimum Gasteiger partial charge on any atom is -0.502 e. The molecule has 0 aliphatic carbocycles. The zero-order chi connectivity index (χ0) is 16.4. The number of benzene rings is 2. The van der Waals surface area contributed by atoms with Crippen molar-refractivity contribution in [1.29, 1.82) is 0 Å². The lowest BCUT2D eigenvalue weighted by atomic mass is 10.1. The van der Waals surface area contributed by atoms with Gasteiger partial charge in [-0.2, -0.15) is 0 Å². The quantitative estimate of drug-likeness (QED) is 0.844. The molecule has 0 bridgehead atoms. The summed E-state index contributed by atoms with van der Waals surface area (Å²) in [6.45, 7) is 0. The second-order valence-corrected chi connectivity index (χ2v) is 5.92. The van der Waals surface area contributed by atoms with Gasteiger partial charge >= 0.3 is 0 Å². The third-order valence-corrected chi connectivity index (χ3v) is 4.48. The monoisotopic (exact) mass is 329 g/mol. The minimum absolute atomic E-state index is 0.0664. The summed E-state index contributed by atoms with van der Waals surface area (Å²) in [5.74, 6) is 0.346. The van der Waals surface area contributed by atoms with Crippen molar-refractivity contribution in [3.63, 3.8) is 0 Å². The molecule has 1 heterocycles. The number of para-hydroxylation sites is 1. The first-order valence-corrected chi connectivity index (χ1v) is 7.69. The lowest BCUT2D eigenvalue weighted by molar-refractivity contribution is -0.112. The maximum absolute atomic E-state index is 12.2. The highest BCUT2D eigenvalue weighted by Gasteiger charge is 2.21. The van der Waals surface area contributed by atoms with Crippen LogP contribution in [0, 0.1) is 0 Å². The van der Waals surface area contributed by atoms with E-state index in [1.807, 2.05) is 24.3 Å². The number of phenols is 1. The molecule has 1 aliphatic rings. The number of methoxy groups -OCH3 is 2. The standard InChI is InChI=1S/C17H15NO4S/c1-21-12-7-10(8-13(22-2)16(12)19)9-15-17(20)18-11-5-3-4-6-14(11)23-15/h3-9,19H,1-2H3,(H,18,20)/b15-9-. The molecule has 0 fully saturated rings. The first-order chi connectivity index (χ1) is 11.1. The van der Waals surface area contributed by atoms with Crippen LogP contribution in [0.3, 0.4) is 0 Å². The summed E-state index contributed by atoms with van der Waals surface area (Å²) in [5, 5.41) is 12.8. The van der Waals surface area contributed by atoms with E-state index >= 15 is 0 Å². The first kappa shape index (κ1) is 15.3. The van der Waals surface area contributed by atoms with Crippen LogP contribution < -0.4 is 14.8 Å². The summed E-state index contributed by atoms with van der Waals surface area (Å²) < 4.78 is 10.3. The zero-order valence-electron chi connectivity index (χ0n) is 12.6. The predicted molar refractivity (Wildman–Crippen MR) is 90.1 cm³/mol. The number of rotatable bonds is 3. The molecule has 0 spiro atoms. The van der Waals surface area contributed by atoms with Gasteiger partial charge in [-0.25, -0.2) is 0 Å². The molecule has 0 aromatic heterocycles. The van der Waals surface area contributed by atoms with Crippen molar-refractivity contribution in [2.45, 2.75) is 4.90 Å². The van der Waals surface area contributed by atoms with Gasteiger partial charge in [0, 0.05) is 4.90 Å². The van der Waals surface area contributed by atoms with Crippen LogP contribution >= 0.6 is 11.8 Å². The van der Waals surface area contributed by atoms with Crippen LogP contribution in [-0.4, -0.2) is 25.2 Å². The molecule has 2 N–H and O–H groups in total. The number of hydrogen-bond donors (Lipinski definition) is 2. The fourth-order valence-corrected chi connectivity index (χ4v) is 3.20. The molecule has 0 saturated heterocycles. The number of fused-ring (bicyclic) bond motifs is 1. The van der Waals surface area contributed by atoms with E-state index in [4.69, 9.17) is 9.47 Å². The number of nitrogens with one attached hydrogen (secondary N) is 1. The number of aromatic hydroxyl groups is 1. The lowest BCUT2D eigenvalue weighted by Crippen LogP contribution is -2.17. The van der Waals surface area contributed by atoms with Crippen molar-refractivity contribution in [2.24, 2.45) is 0 Å². The minimum atomic E-state index is -0.167. The van der Waals surface area contributed by atoms with Gasteiger partial charge in [-0.3, -0.25) is 4.79 Å². The van der Waals surface area contributed by atoms with Crippen molar-refractivity contribution < 1.29 is 19.4 Å². The van der Waals surface area contributed by atoms with Crippen LogP contribution in [0.5, 0.6) is 17.2 Å². The summed E-state index contributed by atoms with van der Waals surface area (Å²) in [5.41, 5.74) is 1.51. The second kappa shape index (κ2) is 6.26. The third kappa shape index (κ3) is 2.98. The summed E-state index contributed by atoms with van der Waals surface area (Å²) >= 11 is 1.40. The van der Waals surface area contributed by atoms with E-state index < -0.39 is 0 Å². The number of ether oxygens (including phenoxy) is 2. The number of carbonyl (C=O) groups excluding carboxylic acids is 1. The summed E-state index contributed by atoms with van der Waals surface area (Å²) in [7, 11) is 2.92. The molecule has 0 atom stereocenters. The average molecular weight is 329 g/mol. The number of phenolic OH excluding ortho intramolecular Hbond substituents is 1. The summed E-state index contributed by atoms with van der Waals surface area (Å²) in [6, 6.07) is 10.9. The van der Waals surface area contributed by atoms with Gasteiger partial charge in [-0.1, -0.05) is 23.9 Å². The van der Waals surface area contributed by atoms with E-state index in [0.29, 0.717) is 10.5 Å². The van der Waals surface area contributed by atoms with Gasteiger partial charge in [-0.15, -0.1) is 0 Å². The van der Waals surface area contributed by atoms with Gasteiger partial charge in [-0.05, 0) is 35.9 Å². The van der Waals surface area contributed by atoms with E-state index in [1.165, 1.54) is 26.0 Å². The topological polar surface area (TPSA) is 67.8 Å². The van der Waals surface area contributed by atoms with Gasteiger partial charge in [0.05, 0.1) is 24.8 Å². The van der Waals surface area contributed by atoms with Gasteiger partial charge < -0.3 is 19.9 Å². The van der Waals surface area contributed by atoms with Gasteiger partial charge in [0.2, 0.25) is 5.75 Å². The van der Waals surface area contributed by atoms with E-state index in [9.17, 15) is 9.90 Å². The molecule has 1 aliphatic heterocycles. The van der Waals surface area contributed by atoms with Crippen LogP contribution in [0.1, 0.15) is 5.56 Å². The normalized spacial score (nSPS) is 15.0. The molecule has 5 nitrogen and oxygen atoms in total. The first-order valence-electron chi connectivity index (χ1n) is 6.87. The maximum Gasteiger partial charge on any atom is 0.262 e. The molecule has 118 valence electrons. The van der Waals surface area contributed by atoms with E-state index in [2.05, 4.69) is 5.32 Å². The number of hydrogen-bond acceptors (Lipinski definition) is 5. The van der Waals surface area contributed by atoms with Gasteiger partial charge in [0.25, 0.3) is 5.91 Å². The molecule has 2 aromatic carbocycles. The molecule has 2 aromatic rings. The average Bonchev–Trinajstić information content (AvgIpc) is 2.56. The number of amides is 1. The molecular weight excluding hydrogens is 314 g/mol. The molecule has 1 amide bonds. The Morgan fingerprint density at radius 2 is 1.78 bits per heavy atom. The van der Waals surface area contributed by atoms with Crippen LogP contribution in [0.15, 0.2) is 46.2 Å². The fraction of sp³-hybridized carbons (Fsp3) is 0.118. The Hall–Kier alpha value is -2.60. The number of anilines is 1. The Morgan fingerprint density at radius 1 is 1.13 bits per heavy atom. The van der Waals surface area contributed by atoms with Crippen molar-refractivity contribution in [3.05, 3.63) is 46.9 Å². The molecule has 23 heavy (non-hydrogen) atoms. The van der Waals surface area contributed by atoms with Crippen molar-refractivity contribution in [2.75, 3.05) is 19.5 Å². The third-order valence-electron chi connectivity index (χ3n) is 3.38. The largest absolute Gasteiger partial charge is 0.502 e. The Morgan fingerprint density at radius 3 is 2.43 bits per heavy atom. The fourth-order valence-electron chi connectivity index (χ4n) is 2.25. The van der Waals surface area contributed by atoms with E-state index in [-0.39, 0.29) is 23.2 Å². The summed E-state index contributed by atoms with van der Waals surface area (Å²) in [6.07, 6.45) is 1.74. The molecule has 3 rings (SSSR count). The number of thioether (sulfide) groups is 1. The lowest BCUT2D eigenvalue weighted by Gasteiger charge is -2.18. The summed E-state index contributed by atoms with van der Waals surface area (Å²) in [4.78, 5) is 13.8. The van der Waals surface area contributed by atoms with Crippen molar-refractivity contribution >= 4 is 29.4 Å². The Bertz CT molecular complexity index is 776. The van der Waals surface area contributed by atoms with Crippen LogP contribution in [0.2, 0.25) is 0 Å². The molecule has 0 saturated carbocycles. The van der Waals surface area contributed by atoms with Gasteiger partial charge in [0.15, 0.2) is 11.5 Å². The van der Waals surface area contributed by atoms with E-state index in [0.717, 1.165) is 10.6 Å². The molecule has 6 heteroatoms. The van der Waals surface area contributed by atoms with Crippen LogP contribution in [0.25, 0.3) is 6.08 Å². The molecule has 0 unspecified atom stereocenters. The Labute approximate surface area is 137 Å². The predicted octanol–water partition coefficient (Wildman–Crippen LogP) is 3.49. The number of carbonyl (C=O) groups is 1. The second-order valence-electron chi connectivity index (χ2n) is 4.83. The highest BCUT2D eigenvalue weighted by molar-refractivity contribution is 8.04. The Balaban J connectivity index is 2.00. The smallest absolute Gasteiger partial charge is 0.262 e. The molecule has 0 radical (unpaired) electrons. The van der Waals surface area contributed by atoms with Crippen molar-refractivity contribution in [1.82, 2.24) is 0 Å². The van der Waals surface area contributed by atoms with Crippen LogP contribution in [0.4, 0.5) is 5.69 Å². The maximum atomic E-state index is 12.2. The van der Waals surface area contributed by atoms with Gasteiger partial charge in [0.1, 0.15) is 0 Å².